The Bertz CT molecular complexity index is 1260. The first-order chi connectivity index (χ1) is 16.8. The third-order valence-electron chi connectivity index (χ3n) is 7.21. The van der Waals surface area contributed by atoms with Gasteiger partial charge in [-0.2, -0.15) is 18.3 Å². The molecule has 2 aromatic rings. The Balaban J connectivity index is 1.40. The zero-order valence-electron chi connectivity index (χ0n) is 19.2. The minimum absolute atomic E-state index is 0.147. The fraction of sp³-hybridized carbons (Fsp3) is 0.400. The molecule has 1 fully saturated rings. The minimum Gasteiger partial charge on any atom is -0.340 e. The van der Waals surface area contributed by atoms with Crippen LogP contribution >= 0.6 is 0 Å². The molecule has 1 aromatic heterocycles. The smallest absolute Gasteiger partial charge is 0.340 e. The number of rotatable bonds is 4. The lowest BCUT2D eigenvalue weighted by molar-refractivity contribution is -0.0887. The van der Waals surface area contributed by atoms with Gasteiger partial charge in [0.1, 0.15) is 11.4 Å². The van der Waals surface area contributed by atoms with Gasteiger partial charge in [-0.3, -0.25) is 14.6 Å². The predicted octanol–water partition coefficient (Wildman–Crippen LogP) is 4.87. The Morgan fingerprint density at radius 2 is 1.97 bits per heavy atom. The predicted molar refractivity (Wildman–Crippen MR) is 127 cm³/mol. The van der Waals surface area contributed by atoms with Crippen LogP contribution in [-0.4, -0.2) is 51.9 Å². The maximum atomic E-state index is 13.5. The summed E-state index contributed by atoms with van der Waals surface area (Å²) < 4.78 is 40.9. The molecular weight excluding hydrogens is 457 g/mol. The number of carbonyl (C=O) groups is 1. The van der Waals surface area contributed by atoms with Crippen LogP contribution in [0.3, 0.4) is 0 Å². The summed E-state index contributed by atoms with van der Waals surface area (Å²) in [6.07, 6.45) is 2.87. The quantitative estimate of drug-likeness (QED) is 0.675. The number of anilines is 3. The monoisotopic (exact) mass is 482 g/mol. The van der Waals surface area contributed by atoms with Crippen molar-refractivity contribution in [1.82, 2.24) is 14.7 Å². The second-order valence-corrected chi connectivity index (χ2v) is 9.46. The van der Waals surface area contributed by atoms with Gasteiger partial charge < -0.3 is 5.32 Å². The van der Waals surface area contributed by atoms with Gasteiger partial charge in [-0.25, -0.2) is 9.67 Å². The van der Waals surface area contributed by atoms with E-state index in [1.807, 2.05) is 30.3 Å². The number of fused-ring (bicyclic) bond motifs is 5. The number of alkyl halides is 3. The Morgan fingerprint density at radius 3 is 2.69 bits per heavy atom. The molecule has 1 saturated carbocycles. The lowest BCUT2D eigenvalue weighted by atomic mass is 9.96. The topological polar surface area (TPSA) is 65.8 Å². The number of halogens is 3. The second-order valence-electron chi connectivity index (χ2n) is 9.46. The highest BCUT2D eigenvalue weighted by Crippen LogP contribution is 2.43. The van der Waals surface area contributed by atoms with E-state index in [0.29, 0.717) is 29.7 Å². The highest BCUT2D eigenvalue weighted by molar-refractivity contribution is 6.21. The van der Waals surface area contributed by atoms with Crippen LogP contribution in [0.4, 0.5) is 30.5 Å². The normalized spacial score (nSPS) is 25.3. The van der Waals surface area contributed by atoms with Crippen LogP contribution in [0, 0.1) is 5.92 Å². The number of amides is 1. The van der Waals surface area contributed by atoms with Crippen molar-refractivity contribution in [3.63, 3.8) is 0 Å². The molecule has 0 spiro atoms. The number of aliphatic imine (C=N–C) groups is 1. The van der Waals surface area contributed by atoms with Crippen molar-refractivity contribution in [3.05, 3.63) is 59.7 Å². The van der Waals surface area contributed by atoms with E-state index < -0.39 is 11.7 Å². The van der Waals surface area contributed by atoms with Crippen LogP contribution in [-0.2, 0) is 6.54 Å². The molecule has 3 heterocycles. The number of hydrogen-bond acceptors (Lipinski definition) is 5. The lowest BCUT2D eigenvalue weighted by Crippen LogP contribution is -2.51. The molecule has 0 saturated heterocycles. The Morgan fingerprint density at radius 1 is 1.17 bits per heavy atom. The molecule has 7 nitrogen and oxygen atoms in total. The van der Waals surface area contributed by atoms with Crippen LogP contribution in [0.5, 0.6) is 0 Å². The lowest BCUT2D eigenvalue weighted by Gasteiger charge is -2.34. The Hall–Kier alpha value is -3.56. The average molecular weight is 483 g/mol. The minimum atomic E-state index is -4.35. The molecule has 35 heavy (non-hydrogen) atoms. The Labute approximate surface area is 200 Å². The first kappa shape index (κ1) is 21.9. The summed E-state index contributed by atoms with van der Waals surface area (Å²) in [4.78, 5) is 22.0. The standard InChI is InChI=1S/C25H25F3N6O/c1-32-23(35)20-21(29-17-6-3-2-4-7-17)33(14-15-10-12-16(13-11-15)25(26,27)28)31-22(20)34-19-9-5-8-18(19)30-24(32)34/h2-4,6-7,10,12-13,15,18-19,29H,5,8-9,11,14H2,1H3/t15?,18-,19+/m1/s1. The van der Waals surface area contributed by atoms with Crippen molar-refractivity contribution < 1.29 is 18.0 Å². The van der Waals surface area contributed by atoms with Gasteiger partial charge in [0.2, 0.25) is 5.96 Å². The highest BCUT2D eigenvalue weighted by atomic mass is 19.4. The fourth-order valence-electron chi connectivity index (χ4n) is 5.45. The molecule has 3 atom stereocenters. The van der Waals surface area contributed by atoms with E-state index in [1.165, 1.54) is 6.08 Å². The zero-order valence-corrected chi connectivity index (χ0v) is 19.2. The summed E-state index contributed by atoms with van der Waals surface area (Å²) in [6.45, 7) is 0.339. The molecule has 0 radical (unpaired) electrons. The first-order valence-electron chi connectivity index (χ1n) is 11.8. The van der Waals surface area contributed by atoms with E-state index in [1.54, 1.807) is 22.7 Å². The number of para-hydroxylation sites is 1. The third-order valence-corrected chi connectivity index (χ3v) is 7.21. The number of guanidine groups is 1. The zero-order chi connectivity index (χ0) is 24.3. The maximum Gasteiger partial charge on any atom is 0.416 e. The molecule has 1 aromatic carbocycles. The van der Waals surface area contributed by atoms with Gasteiger partial charge in [0, 0.05) is 25.2 Å². The van der Waals surface area contributed by atoms with E-state index in [-0.39, 0.29) is 30.3 Å². The largest absolute Gasteiger partial charge is 0.416 e. The maximum absolute atomic E-state index is 13.5. The average Bonchev–Trinajstić information content (AvgIpc) is 3.52. The van der Waals surface area contributed by atoms with Crippen molar-refractivity contribution in [2.45, 2.75) is 50.5 Å². The molecule has 0 bridgehead atoms. The summed E-state index contributed by atoms with van der Waals surface area (Å²) in [5.74, 6) is 1.37. The van der Waals surface area contributed by atoms with E-state index in [2.05, 4.69) is 10.2 Å². The van der Waals surface area contributed by atoms with Gasteiger partial charge in [-0.1, -0.05) is 36.4 Å². The number of hydrogen-bond donors (Lipinski definition) is 1. The van der Waals surface area contributed by atoms with E-state index in [0.717, 1.165) is 31.0 Å². The summed E-state index contributed by atoms with van der Waals surface area (Å²) in [7, 11) is 1.73. The fourth-order valence-corrected chi connectivity index (χ4v) is 5.45. The number of nitrogens with one attached hydrogen (secondary N) is 1. The second kappa shape index (κ2) is 8.00. The number of nitrogens with zero attached hydrogens (tertiary/aromatic N) is 5. The van der Waals surface area contributed by atoms with Crippen molar-refractivity contribution in [1.29, 1.82) is 0 Å². The molecule has 1 N–H and O–H groups in total. The van der Waals surface area contributed by atoms with Gasteiger partial charge in [-0.05, 0) is 37.8 Å². The van der Waals surface area contributed by atoms with E-state index in [9.17, 15) is 18.0 Å². The van der Waals surface area contributed by atoms with Crippen LogP contribution in [0.2, 0.25) is 0 Å². The molecule has 4 aliphatic rings. The van der Waals surface area contributed by atoms with Gasteiger partial charge >= 0.3 is 6.18 Å². The summed E-state index contributed by atoms with van der Waals surface area (Å²) in [6, 6.07) is 9.80. The van der Waals surface area contributed by atoms with Gasteiger partial charge in [0.15, 0.2) is 5.82 Å². The van der Waals surface area contributed by atoms with E-state index >= 15 is 0 Å². The molecule has 10 heteroatoms. The highest BCUT2D eigenvalue weighted by Gasteiger charge is 2.49. The molecule has 2 aliphatic carbocycles. The number of carbonyl (C=O) groups excluding carboxylic acids is 1. The molecule has 1 amide bonds. The van der Waals surface area contributed by atoms with Gasteiger partial charge in [-0.15, -0.1) is 0 Å². The van der Waals surface area contributed by atoms with Crippen LogP contribution in [0.1, 0.15) is 36.0 Å². The molecule has 1 unspecified atom stereocenters. The summed E-state index contributed by atoms with van der Waals surface area (Å²) in [5.41, 5.74) is 0.636. The summed E-state index contributed by atoms with van der Waals surface area (Å²) in [5, 5.41) is 8.23. The van der Waals surface area contributed by atoms with E-state index in [4.69, 9.17) is 10.1 Å². The number of benzene rings is 1. The van der Waals surface area contributed by atoms with Crippen molar-refractivity contribution in [2.24, 2.45) is 10.9 Å². The molecule has 6 rings (SSSR count). The van der Waals surface area contributed by atoms with Crippen molar-refractivity contribution in [3.8, 4) is 0 Å². The number of allylic oxidation sites excluding steroid dienone is 4. The van der Waals surface area contributed by atoms with Crippen LogP contribution in [0.15, 0.2) is 59.1 Å². The third kappa shape index (κ3) is 3.62. The SMILES string of the molecule is CN1C(=O)c2c(nn(CC3C=CC(C(F)(F)F)=CC3)c2Nc2ccccc2)N2C1=N[C@@H]1CCC[C@@H]12. The van der Waals surface area contributed by atoms with Crippen molar-refractivity contribution >= 4 is 29.2 Å². The van der Waals surface area contributed by atoms with Gasteiger partial charge in [0.05, 0.1) is 17.7 Å². The molecule has 182 valence electrons. The van der Waals surface area contributed by atoms with Gasteiger partial charge in [0.25, 0.3) is 5.91 Å². The number of aromatic nitrogens is 2. The van der Waals surface area contributed by atoms with Crippen LogP contribution < -0.4 is 10.2 Å². The first-order valence-corrected chi connectivity index (χ1v) is 11.8. The molecule has 2 aliphatic heterocycles. The van der Waals surface area contributed by atoms with Crippen LogP contribution in [0.25, 0.3) is 0 Å². The van der Waals surface area contributed by atoms with Crippen molar-refractivity contribution in [2.75, 3.05) is 17.3 Å². The molecular formula is C25H25F3N6O. The summed E-state index contributed by atoms with van der Waals surface area (Å²) >= 11 is 0. The Kier molecular flexibility index (Phi) is 5.01.